The Morgan fingerprint density at radius 1 is 0.575 bits per heavy atom. The molecule has 240 valence electrons. The van der Waals surface area contributed by atoms with Crippen molar-refractivity contribution in [2.24, 2.45) is 23.7 Å². The summed E-state index contributed by atoms with van der Waals surface area (Å²) in [5.41, 5.74) is 3.36. The van der Waals surface area contributed by atoms with E-state index in [0.717, 1.165) is 23.7 Å². The second kappa shape index (κ2) is 52.5. The van der Waals surface area contributed by atoms with Crippen LogP contribution in [0, 0.1) is 23.7 Å². The number of hydrogen-bond donors (Lipinski definition) is 1. The summed E-state index contributed by atoms with van der Waals surface area (Å²) < 4.78 is 8.58. The number of hydrogen-bond acceptors (Lipinski definition) is 10. The normalized spacial score (nSPS) is 7.60. The topological polar surface area (TPSA) is 132 Å². The van der Waals surface area contributed by atoms with Crippen LogP contribution in [0.25, 0.3) is 0 Å². The zero-order chi connectivity index (χ0) is 28.5. The maximum Gasteiger partial charge on any atom is 0.213 e. The summed E-state index contributed by atoms with van der Waals surface area (Å²) in [7, 11) is 0. The van der Waals surface area contributed by atoms with Crippen LogP contribution in [0.3, 0.4) is 0 Å². The highest BCUT2D eigenvalue weighted by molar-refractivity contribution is 7.07. The monoisotopic (exact) mass is 591 g/mol. The molecule has 11 heteroatoms. The van der Waals surface area contributed by atoms with Crippen molar-refractivity contribution in [2.75, 3.05) is 0 Å². The molecule has 0 aromatic carbocycles. The summed E-state index contributed by atoms with van der Waals surface area (Å²) in [6.45, 7) is 26.0. The van der Waals surface area contributed by atoms with Crippen molar-refractivity contribution >= 4 is 11.3 Å². The Morgan fingerprint density at radius 3 is 1.07 bits per heavy atom. The van der Waals surface area contributed by atoms with Crippen LogP contribution >= 0.6 is 11.3 Å². The molecule has 0 saturated carbocycles. The van der Waals surface area contributed by atoms with Crippen molar-refractivity contribution in [1.29, 1.82) is 0 Å². The average Bonchev–Trinajstić information content (AvgIpc) is 3.60. The quantitative estimate of drug-likeness (QED) is 0.212. The summed E-state index contributed by atoms with van der Waals surface area (Å²) >= 11 is 1.49. The van der Waals surface area contributed by atoms with Crippen molar-refractivity contribution in [3.05, 3.63) is 55.3 Å². The van der Waals surface area contributed by atoms with Gasteiger partial charge in [0.1, 0.15) is 11.0 Å². The number of H-pyrrole nitrogens is 1. The molecular weight excluding hydrogens is 524 g/mol. The van der Waals surface area contributed by atoms with E-state index in [0.29, 0.717) is 0 Å². The van der Waals surface area contributed by atoms with Gasteiger partial charge in [0.25, 0.3) is 0 Å². The van der Waals surface area contributed by atoms with Gasteiger partial charge in [0.15, 0.2) is 6.33 Å². The average molecular weight is 591 g/mol. The Bertz CT molecular complexity index is 509. The van der Waals surface area contributed by atoms with Gasteiger partial charge in [-0.1, -0.05) is 118 Å². The van der Waals surface area contributed by atoms with Gasteiger partial charge in [-0.15, -0.1) is 31.7 Å². The third kappa shape index (κ3) is 140. The standard InChI is InChI=1S/4C4H10.C3H4N2.2C2H2N2O.C2H2N2S.4CH4/c4*1-4(2)3;1-2-5-3-4-1;1-3-4-2-5-1;1-3-2-5-4-1;1-3-4-2-5-1;;;;/h4*4H,1-3H3;1-3H,(H,4,5);3*1-2H;4*1H4. The van der Waals surface area contributed by atoms with Crippen LogP contribution in [-0.4, -0.2) is 40.5 Å². The highest BCUT2D eigenvalue weighted by atomic mass is 32.1. The van der Waals surface area contributed by atoms with E-state index >= 15 is 0 Å². The van der Waals surface area contributed by atoms with E-state index in [4.69, 9.17) is 0 Å². The Balaban J connectivity index is -0.0000000483. The lowest BCUT2D eigenvalue weighted by Gasteiger charge is -1.79. The van der Waals surface area contributed by atoms with Crippen LogP contribution in [-0.2, 0) is 0 Å². The Hall–Kier alpha value is -2.95. The Labute approximate surface area is 252 Å². The molecule has 0 unspecified atom stereocenters. The van der Waals surface area contributed by atoms with Gasteiger partial charge in [-0.25, -0.2) is 9.97 Å². The van der Waals surface area contributed by atoms with E-state index in [1.54, 1.807) is 29.7 Å². The third-order valence-electron chi connectivity index (χ3n) is 1.25. The maximum atomic E-state index is 4.36. The molecule has 4 rings (SSSR count). The predicted molar refractivity (Wildman–Crippen MR) is 176 cm³/mol. The van der Waals surface area contributed by atoms with Crippen LogP contribution in [0.2, 0.25) is 0 Å². The minimum atomic E-state index is 0. The largest absolute Gasteiger partial charge is 0.431 e. The van der Waals surface area contributed by atoms with Gasteiger partial charge in [-0.3, -0.25) is 0 Å². The van der Waals surface area contributed by atoms with Gasteiger partial charge < -0.3 is 13.9 Å². The van der Waals surface area contributed by atoms with E-state index in [2.05, 4.69) is 133 Å². The molecule has 0 aliphatic carbocycles. The number of imidazole rings is 1. The van der Waals surface area contributed by atoms with Crippen LogP contribution in [0.1, 0.15) is 113 Å². The molecule has 4 aromatic rings. The second-order valence-corrected chi connectivity index (χ2v) is 10.1. The molecule has 0 amide bonds. The van der Waals surface area contributed by atoms with Crippen molar-refractivity contribution in [3.8, 4) is 0 Å². The highest BCUT2D eigenvalue weighted by Crippen LogP contribution is 1.82. The Morgan fingerprint density at radius 2 is 0.975 bits per heavy atom. The molecule has 0 bridgehead atoms. The molecule has 0 radical (unpaired) electrons. The van der Waals surface area contributed by atoms with E-state index in [9.17, 15) is 0 Å². The number of nitrogens with zero attached hydrogens (tertiary/aromatic N) is 7. The first-order valence-electron chi connectivity index (χ1n) is 11.9. The predicted octanol–water partition coefficient (Wildman–Crippen LogP) is 10.3. The third-order valence-corrected chi connectivity index (χ3v) is 1.69. The fourth-order valence-corrected chi connectivity index (χ4v) is 0.896. The van der Waals surface area contributed by atoms with Gasteiger partial charge in [-0.05, 0) is 23.7 Å². The summed E-state index contributed by atoms with van der Waals surface area (Å²) in [4.78, 5) is 9.86. The molecule has 0 saturated heterocycles. The maximum absolute atomic E-state index is 4.36. The first kappa shape index (κ1) is 57.1. The fraction of sp³-hybridized carbons (Fsp3) is 0.690. The first-order valence-corrected chi connectivity index (χ1v) is 12.9. The Kier molecular flexibility index (Phi) is 74.9. The van der Waals surface area contributed by atoms with E-state index < -0.39 is 0 Å². The number of rotatable bonds is 0. The number of aromatic nitrogens is 8. The van der Waals surface area contributed by atoms with E-state index in [1.807, 2.05) is 0 Å². The molecule has 0 spiro atoms. The summed E-state index contributed by atoms with van der Waals surface area (Å²) in [5, 5.41) is 16.8. The summed E-state index contributed by atoms with van der Waals surface area (Å²) in [6.07, 6.45) is 10.2. The molecule has 0 fully saturated rings. The SMILES string of the molecule is C.C.C.C.CC(C)C.CC(C)C.CC(C)C.CC(C)C.c1c[nH]cn1.c1ncon1.c1nnco1.c1nncs1. The van der Waals surface area contributed by atoms with Gasteiger partial charge in [0.05, 0.1) is 6.33 Å². The van der Waals surface area contributed by atoms with Crippen molar-refractivity contribution in [1.82, 2.24) is 40.5 Å². The van der Waals surface area contributed by atoms with Crippen LogP contribution in [0.5, 0.6) is 0 Å². The lowest BCUT2D eigenvalue weighted by molar-refractivity contribution is 0.416. The van der Waals surface area contributed by atoms with Crippen LogP contribution in [0.15, 0.2) is 64.2 Å². The van der Waals surface area contributed by atoms with Gasteiger partial charge in [-0.2, -0.15) is 0 Å². The molecule has 0 aliphatic heterocycles. The summed E-state index contributed by atoms with van der Waals surface area (Å²) in [5.74, 6) is 3.33. The van der Waals surface area contributed by atoms with Crippen LogP contribution in [0.4, 0.5) is 0 Å². The van der Waals surface area contributed by atoms with Gasteiger partial charge in [0, 0.05) is 12.4 Å². The molecule has 1 N–H and O–H groups in total. The molecule has 0 aliphatic rings. The zero-order valence-electron chi connectivity index (χ0n) is 24.4. The summed E-state index contributed by atoms with van der Waals surface area (Å²) in [6, 6.07) is 0. The van der Waals surface area contributed by atoms with Gasteiger partial charge >= 0.3 is 0 Å². The number of nitrogens with one attached hydrogen (secondary N) is 1. The second-order valence-electron chi connectivity index (χ2n) is 9.43. The fourth-order valence-electron chi connectivity index (χ4n) is 0.623. The lowest BCUT2D eigenvalue weighted by atomic mass is 10.3. The molecule has 4 aromatic heterocycles. The lowest BCUT2D eigenvalue weighted by Crippen LogP contribution is -1.66. The van der Waals surface area contributed by atoms with Crippen LogP contribution < -0.4 is 0 Å². The first-order chi connectivity index (χ1) is 16.9. The molecule has 40 heavy (non-hydrogen) atoms. The minimum Gasteiger partial charge on any atom is -0.431 e. The molecule has 4 heterocycles. The van der Waals surface area contributed by atoms with E-state index in [1.165, 1.54) is 36.8 Å². The minimum absolute atomic E-state index is 0. The molecular formula is C29H66N8O2S. The molecule has 0 atom stereocenters. The zero-order valence-corrected chi connectivity index (χ0v) is 25.2. The number of aromatic amines is 1. The van der Waals surface area contributed by atoms with Gasteiger partial charge in [0.2, 0.25) is 19.2 Å². The van der Waals surface area contributed by atoms with Crippen molar-refractivity contribution in [2.45, 2.75) is 113 Å². The van der Waals surface area contributed by atoms with Crippen molar-refractivity contribution in [3.63, 3.8) is 0 Å². The smallest absolute Gasteiger partial charge is 0.213 e. The molecule has 10 nitrogen and oxygen atoms in total. The van der Waals surface area contributed by atoms with Crippen molar-refractivity contribution < 1.29 is 8.94 Å². The van der Waals surface area contributed by atoms with E-state index in [-0.39, 0.29) is 29.7 Å². The highest BCUT2D eigenvalue weighted by Gasteiger charge is 1.69.